The van der Waals surface area contributed by atoms with Crippen molar-refractivity contribution in [3.63, 3.8) is 0 Å². The van der Waals surface area contributed by atoms with Gasteiger partial charge in [-0.2, -0.15) is 0 Å². The summed E-state index contributed by atoms with van der Waals surface area (Å²) in [7, 11) is 1.52. The number of methoxy groups -OCH3 is 1. The van der Waals surface area contributed by atoms with E-state index < -0.39 is 0 Å². The quantitative estimate of drug-likeness (QED) is 0.702. The maximum Gasteiger partial charge on any atom is 0.257 e. The fraction of sp³-hybridized carbons (Fsp3) is 0.250. The van der Waals surface area contributed by atoms with Gasteiger partial charge in [0.2, 0.25) is 5.91 Å². The number of rotatable bonds is 5. The summed E-state index contributed by atoms with van der Waals surface area (Å²) < 4.78 is 12.3. The van der Waals surface area contributed by atoms with Gasteiger partial charge in [0.1, 0.15) is 11.5 Å². The van der Waals surface area contributed by atoms with Crippen LogP contribution in [0.25, 0.3) is 5.82 Å². The largest absolute Gasteiger partial charge is 0.495 e. The summed E-state index contributed by atoms with van der Waals surface area (Å²) in [6.45, 7) is 6.97. The topological polar surface area (TPSA) is 98.4 Å². The first-order valence-corrected chi connectivity index (χ1v) is 8.69. The number of anilines is 2. The number of amides is 2. The summed E-state index contributed by atoms with van der Waals surface area (Å²) in [6.07, 6.45) is 0. The Bertz CT molecular complexity index is 1050. The molecule has 2 aromatic heterocycles. The fourth-order valence-electron chi connectivity index (χ4n) is 3.08. The van der Waals surface area contributed by atoms with E-state index in [2.05, 4.69) is 15.8 Å². The van der Waals surface area contributed by atoms with Crippen molar-refractivity contribution in [2.75, 3.05) is 17.7 Å². The van der Waals surface area contributed by atoms with Gasteiger partial charge in [-0.05, 0) is 45.0 Å². The zero-order valence-corrected chi connectivity index (χ0v) is 16.4. The first-order chi connectivity index (χ1) is 13.3. The lowest BCUT2D eigenvalue weighted by atomic mass is 10.2. The van der Waals surface area contributed by atoms with E-state index in [1.165, 1.54) is 14.0 Å². The highest BCUT2D eigenvalue weighted by molar-refractivity contribution is 6.06. The van der Waals surface area contributed by atoms with Crippen LogP contribution in [0.5, 0.6) is 5.75 Å². The summed E-state index contributed by atoms with van der Waals surface area (Å²) in [5, 5.41) is 9.57. The van der Waals surface area contributed by atoms with Gasteiger partial charge in [-0.15, -0.1) is 0 Å². The van der Waals surface area contributed by atoms with Crippen LogP contribution in [0, 0.1) is 20.8 Å². The summed E-state index contributed by atoms with van der Waals surface area (Å²) >= 11 is 0. The zero-order valence-electron chi connectivity index (χ0n) is 16.4. The number of carbonyl (C=O) groups excluding carboxylic acids is 2. The summed E-state index contributed by atoms with van der Waals surface area (Å²) in [5.74, 6) is 1.31. The average Bonchev–Trinajstić information content (AvgIpc) is 3.17. The minimum atomic E-state index is -0.294. The lowest BCUT2D eigenvalue weighted by Gasteiger charge is -2.12. The normalized spacial score (nSPS) is 10.6. The van der Waals surface area contributed by atoms with E-state index in [0.717, 1.165) is 11.4 Å². The molecule has 2 heterocycles. The predicted octanol–water partition coefficient (Wildman–Crippen LogP) is 3.61. The molecule has 0 atom stereocenters. The molecule has 0 aliphatic heterocycles. The standard InChI is InChI=1S/C20H22N4O4/c1-11-8-16(13(3)24(11)19-9-12(2)28-23-19)20(26)22-17-10-15(21-14(4)25)6-7-18(17)27-5/h6-10H,1-5H3,(H,21,25)(H,22,26). The lowest BCUT2D eigenvalue weighted by Crippen LogP contribution is -2.14. The van der Waals surface area contributed by atoms with Crippen LogP contribution in [0.15, 0.2) is 34.9 Å². The van der Waals surface area contributed by atoms with E-state index in [0.29, 0.717) is 34.3 Å². The SMILES string of the molecule is COc1ccc(NC(C)=O)cc1NC(=O)c1cc(C)n(-c2cc(C)on2)c1C. The Labute approximate surface area is 162 Å². The molecule has 0 saturated heterocycles. The molecular formula is C20H22N4O4. The molecule has 0 radical (unpaired) electrons. The van der Waals surface area contributed by atoms with Gasteiger partial charge in [0, 0.05) is 30.1 Å². The third-order valence-corrected chi connectivity index (χ3v) is 4.29. The van der Waals surface area contributed by atoms with Crippen LogP contribution in [-0.2, 0) is 4.79 Å². The number of nitrogens with zero attached hydrogens (tertiary/aromatic N) is 2. The number of aryl methyl sites for hydroxylation is 2. The second-order valence-corrected chi connectivity index (χ2v) is 6.47. The van der Waals surface area contributed by atoms with Crippen LogP contribution >= 0.6 is 0 Å². The minimum absolute atomic E-state index is 0.200. The number of nitrogens with one attached hydrogen (secondary N) is 2. The Morgan fingerprint density at radius 2 is 1.86 bits per heavy atom. The molecule has 0 fully saturated rings. The molecule has 3 rings (SSSR count). The van der Waals surface area contributed by atoms with Crippen molar-refractivity contribution in [1.82, 2.24) is 9.72 Å². The fourth-order valence-corrected chi connectivity index (χ4v) is 3.08. The van der Waals surface area contributed by atoms with Crippen molar-refractivity contribution in [2.24, 2.45) is 0 Å². The Morgan fingerprint density at radius 1 is 1.11 bits per heavy atom. The first-order valence-electron chi connectivity index (χ1n) is 8.69. The molecular weight excluding hydrogens is 360 g/mol. The van der Waals surface area contributed by atoms with Crippen molar-refractivity contribution in [2.45, 2.75) is 27.7 Å². The first kappa shape index (κ1) is 19.2. The van der Waals surface area contributed by atoms with E-state index in [-0.39, 0.29) is 11.8 Å². The van der Waals surface area contributed by atoms with Gasteiger partial charge in [0.05, 0.1) is 18.4 Å². The predicted molar refractivity (Wildman–Crippen MR) is 105 cm³/mol. The maximum atomic E-state index is 12.9. The van der Waals surface area contributed by atoms with Crippen LogP contribution in [-0.4, -0.2) is 28.6 Å². The van der Waals surface area contributed by atoms with Gasteiger partial charge >= 0.3 is 0 Å². The molecule has 28 heavy (non-hydrogen) atoms. The molecule has 0 aliphatic rings. The van der Waals surface area contributed by atoms with Gasteiger partial charge < -0.3 is 19.9 Å². The average molecular weight is 382 g/mol. The number of carbonyl (C=O) groups is 2. The molecule has 0 bridgehead atoms. The minimum Gasteiger partial charge on any atom is -0.495 e. The van der Waals surface area contributed by atoms with E-state index in [4.69, 9.17) is 9.26 Å². The number of hydrogen-bond acceptors (Lipinski definition) is 5. The molecule has 0 unspecified atom stereocenters. The second-order valence-electron chi connectivity index (χ2n) is 6.47. The molecule has 8 heteroatoms. The maximum absolute atomic E-state index is 12.9. The number of hydrogen-bond donors (Lipinski definition) is 2. The number of aromatic nitrogens is 2. The van der Waals surface area contributed by atoms with E-state index in [1.807, 2.05) is 31.4 Å². The van der Waals surface area contributed by atoms with Crippen LogP contribution in [0.4, 0.5) is 11.4 Å². The number of ether oxygens (including phenoxy) is 1. The van der Waals surface area contributed by atoms with Crippen molar-refractivity contribution < 1.29 is 18.8 Å². The molecule has 8 nitrogen and oxygen atoms in total. The van der Waals surface area contributed by atoms with Crippen LogP contribution in [0.1, 0.15) is 34.4 Å². The lowest BCUT2D eigenvalue weighted by molar-refractivity contribution is -0.114. The summed E-state index contributed by atoms with van der Waals surface area (Å²) in [6, 6.07) is 8.63. The van der Waals surface area contributed by atoms with Gasteiger partial charge in [0.25, 0.3) is 5.91 Å². The molecule has 0 saturated carbocycles. The van der Waals surface area contributed by atoms with Gasteiger partial charge in [-0.3, -0.25) is 14.2 Å². The molecule has 3 aromatic rings. The van der Waals surface area contributed by atoms with Crippen molar-refractivity contribution in [3.8, 4) is 11.6 Å². The molecule has 2 N–H and O–H groups in total. The van der Waals surface area contributed by atoms with Crippen LogP contribution in [0.3, 0.4) is 0 Å². The van der Waals surface area contributed by atoms with Gasteiger partial charge in [-0.25, -0.2) is 0 Å². The van der Waals surface area contributed by atoms with Crippen LogP contribution < -0.4 is 15.4 Å². The second kappa shape index (κ2) is 7.59. The monoisotopic (exact) mass is 382 g/mol. The van der Waals surface area contributed by atoms with Crippen LogP contribution in [0.2, 0.25) is 0 Å². The summed E-state index contributed by atoms with van der Waals surface area (Å²) in [5.41, 5.74) is 3.12. The third-order valence-electron chi connectivity index (χ3n) is 4.29. The highest BCUT2D eigenvalue weighted by Gasteiger charge is 2.19. The zero-order chi connectivity index (χ0) is 20.4. The Balaban J connectivity index is 1.93. The molecule has 0 spiro atoms. The Kier molecular flexibility index (Phi) is 5.21. The van der Waals surface area contributed by atoms with E-state index in [9.17, 15) is 9.59 Å². The van der Waals surface area contributed by atoms with Gasteiger partial charge in [0.15, 0.2) is 5.82 Å². The highest BCUT2D eigenvalue weighted by Crippen LogP contribution is 2.29. The Morgan fingerprint density at radius 3 is 2.46 bits per heavy atom. The van der Waals surface area contributed by atoms with Crippen molar-refractivity contribution in [3.05, 3.63) is 53.0 Å². The third kappa shape index (κ3) is 3.75. The Hall–Kier alpha value is -3.55. The molecule has 2 amide bonds. The van der Waals surface area contributed by atoms with Gasteiger partial charge in [-0.1, -0.05) is 5.16 Å². The van der Waals surface area contributed by atoms with E-state index in [1.54, 1.807) is 24.3 Å². The van der Waals surface area contributed by atoms with Crippen molar-refractivity contribution >= 4 is 23.2 Å². The van der Waals surface area contributed by atoms with Crippen molar-refractivity contribution in [1.29, 1.82) is 0 Å². The van der Waals surface area contributed by atoms with E-state index >= 15 is 0 Å². The highest BCUT2D eigenvalue weighted by atomic mass is 16.5. The molecule has 146 valence electrons. The summed E-state index contributed by atoms with van der Waals surface area (Å²) in [4.78, 5) is 24.2. The number of benzene rings is 1. The molecule has 0 aliphatic carbocycles. The molecule has 1 aromatic carbocycles. The smallest absolute Gasteiger partial charge is 0.257 e.